The van der Waals surface area contributed by atoms with Crippen molar-refractivity contribution in [3.8, 4) is 5.75 Å². The highest BCUT2D eigenvalue weighted by molar-refractivity contribution is 5.42. The van der Waals surface area contributed by atoms with Gasteiger partial charge in [-0.25, -0.2) is 0 Å². The van der Waals surface area contributed by atoms with Gasteiger partial charge in [-0.05, 0) is 58.2 Å². The van der Waals surface area contributed by atoms with E-state index >= 15 is 0 Å². The second-order valence-corrected chi connectivity index (χ2v) is 6.53. The highest BCUT2D eigenvalue weighted by Gasteiger charge is 2.21. The average molecular weight is 291 g/mol. The molecule has 0 bridgehead atoms. The molecule has 1 aromatic carbocycles. The van der Waals surface area contributed by atoms with Crippen LogP contribution in [0, 0.1) is 20.8 Å². The normalized spacial score (nSPS) is 21.3. The zero-order valence-electron chi connectivity index (χ0n) is 13.9. The summed E-state index contributed by atoms with van der Waals surface area (Å²) in [5, 5.41) is 10.3. The number of hydrogen-bond acceptors (Lipinski definition) is 3. The van der Waals surface area contributed by atoms with Crippen LogP contribution in [0.15, 0.2) is 12.1 Å². The number of aliphatic hydroxyl groups excluding tert-OH is 1. The summed E-state index contributed by atoms with van der Waals surface area (Å²) in [5.41, 5.74) is 3.54. The molecule has 3 nitrogen and oxygen atoms in total. The van der Waals surface area contributed by atoms with Crippen molar-refractivity contribution in [3.05, 3.63) is 28.8 Å². The maximum absolute atomic E-state index is 10.3. The van der Waals surface area contributed by atoms with Gasteiger partial charge in [-0.2, -0.15) is 0 Å². The Kier molecular flexibility index (Phi) is 5.65. The van der Waals surface area contributed by atoms with Gasteiger partial charge in [0.25, 0.3) is 0 Å². The topological polar surface area (TPSA) is 32.7 Å². The summed E-state index contributed by atoms with van der Waals surface area (Å²) in [6, 6.07) is 4.83. The van der Waals surface area contributed by atoms with Crippen LogP contribution in [0.4, 0.5) is 0 Å². The van der Waals surface area contributed by atoms with Crippen molar-refractivity contribution >= 4 is 0 Å². The average Bonchev–Trinajstić information content (AvgIpc) is 2.40. The lowest BCUT2D eigenvalue weighted by molar-refractivity contribution is 0.0434. The van der Waals surface area contributed by atoms with Crippen LogP contribution in [0.3, 0.4) is 0 Å². The van der Waals surface area contributed by atoms with Gasteiger partial charge in [0.1, 0.15) is 18.5 Å². The lowest BCUT2D eigenvalue weighted by atomic mass is 10.0. The second-order valence-electron chi connectivity index (χ2n) is 6.53. The molecule has 0 aliphatic carbocycles. The van der Waals surface area contributed by atoms with E-state index in [1.807, 2.05) is 0 Å². The molecule has 1 aliphatic rings. The van der Waals surface area contributed by atoms with Crippen molar-refractivity contribution in [2.24, 2.45) is 0 Å². The number of hydrogen-bond donors (Lipinski definition) is 1. The molecule has 0 saturated carbocycles. The molecule has 3 heteroatoms. The van der Waals surface area contributed by atoms with E-state index in [0.717, 1.165) is 23.4 Å². The summed E-state index contributed by atoms with van der Waals surface area (Å²) in [5.74, 6) is 0.923. The predicted octanol–water partition coefficient (Wildman–Crippen LogP) is 3.23. The Morgan fingerprint density at radius 1 is 1.24 bits per heavy atom. The molecule has 118 valence electrons. The van der Waals surface area contributed by atoms with E-state index in [-0.39, 0.29) is 0 Å². The summed E-state index contributed by atoms with van der Waals surface area (Å²) < 4.78 is 5.88. The smallest absolute Gasteiger partial charge is 0.125 e. The van der Waals surface area contributed by atoms with Crippen molar-refractivity contribution in [1.29, 1.82) is 0 Å². The van der Waals surface area contributed by atoms with Crippen LogP contribution in [0.25, 0.3) is 0 Å². The fourth-order valence-electron chi connectivity index (χ4n) is 3.33. The molecule has 0 spiro atoms. The molecule has 0 unspecified atom stereocenters. The molecule has 1 aromatic rings. The number of piperidine rings is 1. The number of aliphatic hydroxyl groups is 1. The van der Waals surface area contributed by atoms with Crippen molar-refractivity contribution in [2.75, 3.05) is 19.7 Å². The van der Waals surface area contributed by atoms with Crippen LogP contribution in [0.2, 0.25) is 0 Å². The van der Waals surface area contributed by atoms with E-state index in [0.29, 0.717) is 19.2 Å². The van der Waals surface area contributed by atoms with Gasteiger partial charge in [0.15, 0.2) is 0 Å². The van der Waals surface area contributed by atoms with Crippen molar-refractivity contribution in [3.63, 3.8) is 0 Å². The fraction of sp³-hybridized carbons (Fsp3) is 0.667. The van der Waals surface area contributed by atoms with Gasteiger partial charge in [0.05, 0.1) is 0 Å². The summed E-state index contributed by atoms with van der Waals surface area (Å²) >= 11 is 0. The lowest BCUT2D eigenvalue weighted by Crippen LogP contribution is -2.43. The molecular formula is C18H29NO2. The highest BCUT2D eigenvalue weighted by atomic mass is 16.5. The first-order valence-corrected chi connectivity index (χ1v) is 8.10. The third-order valence-corrected chi connectivity index (χ3v) is 4.41. The van der Waals surface area contributed by atoms with Gasteiger partial charge in [-0.15, -0.1) is 0 Å². The van der Waals surface area contributed by atoms with Crippen LogP contribution in [-0.2, 0) is 0 Å². The summed E-state index contributed by atoms with van der Waals surface area (Å²) in [6.07, 6.45) is 3.37. The van der Waals surface area contributed by atoms with E-state index in [1.165, 1.54) is 24.8 Å². The van der Waals surface area contributed by atoms with Crippen LogP contribution >= 0.6 is 0 Å². The predicted molar refractivity (Wildman–Crippen MR) is 87.0 cm³/mol. The van der Waals surface area contributed by atoms with E-state index in [2.05, 4.69) is 44.7 Å². The maximum Gasteiger partial charge on any atom is 0.125 e. The van der Waals surface area contributed by atoms with Gasteiger partial charge in [0.2, 0.25) is 0 Å². The second kappa shape index (κ2) is 7.28. The molecule has 0 amide bonds. The molecule has 1 N–H and O–H groups in total. The fourth-order valence-corrected chi connectivity index (χ4v) is 3.33. The first-order valence-electron chi connectivity index (χ1n) is 8.10. The minimum Gasteiger partial charge on any atom is -0.490 e. The first kappa shape index (κ1) is 16.3. The standard InChI is InChI=1S/C18H29NO2/c1-13-9-14(2)18(15(3)10-13)21-12-17(20)11-19-8-6-5-7-16(19)4/h9-10,16-17,20H,5-8,11-12H2,1-4H3/t16-,17-/m1/s1. The zero-order valence-corrected chi connectivity index (χ0v) is 13.9. The molecule has 1 aliphatic heterocycles. The minimum absolute atomic E-state index is 0.369. The molecule has 1 heterocycles. The van der Waals surface area contributed by atoms with Gasteiger partial charge < -0.3 is 9.84 Å². The molecule has 2 rings (SSSR count). The van der Waals surface area contributed by atoms with Crippen LogP contribution in [0.1, 0.15) is 42.9 Å². The Morgan fingerprint density at radius 2 is 1.90 bits per heavy atom. The third kappa shape index (κ3) is 4.45. The zero-order chi connectivity index (χ0) is 15.4. The Labute approximate surface area is 128 Å². The molecule has 1 fully saturated rings. The monoisotopic (exact) mass is 291 g/mol. The molecule has 21 heavy (non-hydrogen) atoms. The van der Waals surface area contributed by atoms with Gasteiger partial charge in [-0.3, -0.25) is 4.90 Å². The highest BCUT2D eigenvalue weighted by Crippen LogP contribution is 2.25. The van der Waals surface area contributed by atoms with Crippen LogP contribution in [0.5, 0.6) is 5.75 Å². The Hall–Kier alpha value is -1.06. The maximum atomic E-state index is 10.3. The van der Waals surface area contributed by atoms with E-state index < -0.39 is 6.10 Å². The molecule has 1 saturated heterocycles. The van der Waals surface area contributed by atoms with E-state index in [4.69, 9.17) is 4.74 Å². The third-order valence-electron chi connectivity index (χ3n) is 4.41. The molecule has 2 atom stereocenters. The number of nitrogens with zero attached hydrogens (tertiary/aromatic N) is 1. The van der Waals surface area contributed by atoms with Gasteiger partial charge >= 0.3 is 0 Å². The van der Waals surface area contributed by atoms with E-state index in [9.17, 15) is 5.11 Å². The largest absolute Gasteiger partial charge is 0.490 e. The number of aryl methyl sites for hydroxylation is 3. The van der Waals surface area contributed by atoms with Crippen molar-refractivity contribution in [1.82, 2.24) is 4.90 Å². The minimum atomic E-state index is -0.425. The molecular weight excluding hydrogens is 262 g/mol. The number of β-amino-alcohol motifs (C(OH)–C–C–N with tert-alkyl or cyclic N) is 1. The number of rotatable bonds is 5. The Bertz CT molecular complexity index is 449. The summed E-state index contributed by atoms with van der Waals surface area (Å²) in [4.78, 5) is 2.38. The molecule has 0 radical (unpaired) electrons. The molecule has 0 aromatic heterocycles. The van der Waals surface area contributed by atoms with Crippen LogP contribution in [-0.4, -0.2) is 41.8 Å². The lowest BCUT2D eigenvalue weighted by Gasteiger charge is -2.34. The number of likely N-dealkylation sites (tertiary alicyclic amines) is 1. The number of benzene rings is 1. The first-order chi connectivity index (χ1) is 9.97. The van der Waals surface area contributed by atoms with Crippen LogP contribution < -0.4 is 4.74 Å². The summed E-state index contributed by atoms with van der Waals surface area (Å²) in [7, 11) is 0. The Morgan fingerprint density at radius 3 is 2.52 bits per heavy atom. The van der Waals surface area contributed by atoms with Gasteiger partial charge in [0, 0.05) is 12.6 Å². The number of ether oxygens (including phenoxy) is 1. The summed E-state index contributed by atoms with van der Waals surface area (Å²) in [6.45, 7) is 10.7. The van der Waals surface area contributed by atoms with Crippen molar-refractivity contribution < 1.29 is 9.84 Å². The van der Waals surface area contributed by atoms with E-state index in [1.54, 1.807) is 0 Å². The Balaban J connectivity index is 1.88. The van der Waals surface area contributed by atoms with Crippen molar-refractivity contribution in [2.45, 2.75) is 59.1 Å². The SMILES string of the molecule is Cc1cc(C)c(OC[C@H](O)CN2CCCC[C@H]2C)c(C)c1. The van der Waals surface area contributed by atoms with Gasteiger partial charge in [-0.1, -0.05) is 24.1 Å². The quantitative estimate of drug-likeness (QED) is 0.904.